The van der Waals surface area contributed by atoms with E-state index in [-0.39, 0.29) is 17.3 Å². The molecule has 0 atom stereocenters. The van der Waals surface area contributed by atoms with Crippen molar-refractivity contribution in [3.63, 3.8) is 0 Å². The molecule has 0 saturated carbocycles. The number of pyridine rings is 1. The van der Waals surface area contributed by atoms with Crippen molar-refractivity contribution in [1.29, 1.82) is 0 Å². The monoisotopic (exact) mass is 309 g/mol. The van der Waals surface area contributed by atoms with Crippen LogP contribution in [0.4, 0.5) is 13.2 Å². The van der Waals surface area contributed by atoms with Crippen LogP contribution in [0, 0.1) is 0 Å². The maximum Gasteiger partial charge on any atom is 0.418 e. The van der Waals surface area contributed by atoms with E-state index in [9.17, 15) is 18.0 Å². The molecule has 94 valence electrons. The molecular formula is C11H11BrF3NO. The molecule has 0 aliphatic heterocycles. The lowest BCUT2D eigenvalue weighted by Crippen LogP contribution is -2.18. The van der Waals surface area contributed by atoms with Gasteiger partial charge in [0, 0.05) is 6.20 Å². The highest BCUT2D eigenvalue weighted by Crippen LogP contribution is 2.34. The third kappa shape index (κ3) is 3.28. The van der Waals surface area contributed by atoms with E-state index < -0.39 is 23.2 Å². The number of carbonyl (C=O) groups is 1. The van der Waals surface area contributed by atoms with E-state index in [0.717, 1.165) is 0 Å². The highest BCUT2D eigenvalue weighted by Gasteiger charge is 2.38. The van der Waals surface area contributed by atoms with Crippen molar-refractivity contribution in [3.8, 4) is 0 Å². The van der Waals surface area contributed by atoms with Crippen LogP contribution in [0.15, 0.2) is 12.3 Å². The molecule has 17 heavy (non-hydrogen) atoms. The van der Waals surface area contributed by atoms with Gasteiger partial charge in [-0.2, -0.15) is 13.2 Å². The average Bonchev–Trinajstić information content (AvgIpc) is 2.26. The zero-order chi connectivity index (χ0) is 13.1. The summed E-state index contributed by atoms with van der Waals surface area (Å²) in [5, 5.41) is -0.168. The van der Waals surface area contributed by atoms with Gasteiger partial charge in [-0.3, -0.25) is 9.78 Å². The van der Waals surface area contributed by atoms with Crippen LogP contribution in [0.3, 0.4) is 0 Å². The number of nitrogens with zero attached hydrogens (tertiary/aromatic N) is 1. The van der Waals surface area contributed by atoms with E-state index in [4.69, 9.17) is 0 Å². The van der Waals surface area contributed by atoms with Crippen LogP contribution < -0.4 is 0 Å². The van der Waals surface area contributed by atoms with Crippen LogP contribution in [0.2, 0.25) is 0 Å². The maximum absolute atomic E-state index is 12.9. The zero-order valence-electron chi connectivity index (χ0n) is 9.14. The SMILES string of the molecule is CCCc1ccnc(C(=O)CBr)c1C(F)(F)F. The fraction of sp³-hybridized carbons (Fsp3) is 0.455. The number of alkyl halides is 4. The summed E-state index contributed by atoms with van der Waals surface area (Å²) in [6.07, 6.45) is -2.45. The van der Waals surface area contributed by atoms with E-state index >= 15 is 0 Å². The number of hydrogen-bond donors (Lipinski definition) is 0. The van der Waals surface area contributed by atoms with Crippen LogP contribution in [0.5, 0.6) is 0 Å². The number of halogens is 4. The van der Waals surface area contributed by atoms with Gasteiger partial charge < -0.3 is 0 Å². The number of rotatable bonds is 4. The molecule has 0 unspecified atom stereocenters. The molecule has 6 heteroatoms. The molecule has 1 aromatic heterocycles. The Labute approximate surface area is 105 Å². The molecule has 0 amide bonds. The lowest BCUT2D eigenvalue weighted by atomic mass is 10.0. The van der Waals surface area contributed by atoms with Crippen molar-refractivity contribution < 1.29 is 18.0 Å². The van der Waals surface area contributed by atoms with Gasteiger partial charge in [-0.25, -0.2) is 0 Å². The minimum atomic E-state index is -4.55. The Morgan fingerprint density at radius 3 is 2.59 bits per heavy atom. The molecule has 0 aliphatic carbocycles. The summed E-state index contributed by atoms with van der Waals surface area (Å²) in [5.41, 5.74) is -1.27. The molecule has 1 aromatic rings. The lowest BCUT2D eigenvalue weighted by Gasteiger charge is -2.15. The molecular weight excluding hydrogens is 299 g/mol. The van der Waals surface area contributed by atoms with Crippen molar-refractivity contribution in [2.75, 3.05) is 5.33 Å². The molecule has 1 rings (SSSR count). The van der Waals surface area contributed by atoms with E-state index in [1.54, 1.807) is 6.92 Å². The fourth-order valence-corrected chi connectivity index (χ4v) is 1.84. The van der Waals surface area contributed by atoms with Crippen LogP contribution in [0.25, 0.3) is 0 Å². The summed E-state index contributed by atoms with van der Waals surface area (Å²) in [4.78, 5) is 15.0. The largest absolute Gasteiger partial charge is 0.418 e. The molecule has 0 saturated heterocycles. The smallest absolute Gasteiger partial charge is 0.291 e. The Morgan fingerprint density at radius 2 is 2.12 bits per heavy atom. The standard InChI is InChI=1S/C11H11BrF3NO/c1-2-3-7-4-5-16-10(8(17)6-12)9(7)11(13,14)15/h4-5H,2-3,6H2,1H3. The third-order valence-corrected chi connectivity index (χ3v) is 2.73. The topological polar surface area (TPSA) is 30.0 Å². The number of carbonyl (C=O) groups excluding carboxylic acids is 1. The Hall–Kier alpha value is -0.910. The van der Waals surface area contributed by atoms with Crippen LogP contribution >= 0.6 is 15.9 Å². The summed E-state index contributed by atoms with van der Waals surface area (Å²) in [6.45, 7) is 1.78. The zero-order valence-corrected chi connectivity index (χ0v) is 10.7. The van der Waals surface area contributed by atoms with Gasteiger partial charge in [0.15, 0.2) is 5.78 Å². The predicted octanol–water partition coefficient (Wildman–Crippen LogP) is 3.63. The van der Waals surface area contributed by atoms with E-state index in [1.807, 2.05) is 0 Å². The van der Waals surface area contributed by atoms with Crippen LogP contribution in [0.1, 0.15) is 35.0 Å². The molecule has 2 nitrogen and oxygen atoms in total. The van der Waals surface area contributed by atoms with Crippen LogP contribution in [-0.4, -0.2) is 16.1 Å². The second-order valence-corrected chi connectivity index (χ2v) is 4.06. The van der Waals surface area contributed by atoms with Gasteiger partial charge in [0.2, 0.25) is 0 Å². The molecule has 0 N–H and O–H groups in total. The lowest BCUT2D eigenvalue weighted by molar-refractivity contribution is -0.138. The first-order chi connectivity index (χ1) is 7.91. The van der Waals surface area contributed by atoms with Gasteiger partial charge in [0.1, 0.15) is 5.69 Å². The van der Waals surface area contributed by atoms with Crippen molar-refractivity contribution >= 4 is 21.7 Å². The van der Waals surface area contributed by atoms with Crippen molar-refractivity contribution in [3.05, 3.63) is 29.1 Å². The summed E-state index contributed by atoms with van der Waals surface area (Å²) in [5.74, 6) is -0.657. The predicted molar refractivity (Wildman–Crippen MR) is 61.4 cm³/mol. The Kier molecular flexibility index (Phi) is 4.68. The second kappa shape index (κ2) is 5.62. The summed E-state index contributed by atoms with van der Waals surface area (Å²) >= 11 is 2.86. The van der Waals surface area contributed by atoms with Gasteiger partial charge in [-0.1, -0.05) is 29.3 Å². The second-order valence-electron chi connectivity index (χ2n) is 3.50. The van der Waals surface area contributed by atoms with E-state index in [0.29, 0.717) is 6.42 Å². The summed E-state index contributed by atoms with van der Waals surface area (Å²) < 4.78 is 38.8. The maximum atomic E-state index is 12.9. The molecule has 0 aliphatic rings. The Bertz CT molecular complexity index is 418. The quantitative estimate of drug-likeness (QED) is 0.628. The molecule has 1 heterocycles. The van der Waals surface area contributed by atoms with E-state index in [2.05, 4.69) is 20.9 Å². The minimum Gasteiger partial charge on any atom is -0.291 e. The first kappa shape index (κ1) is 14.2. The molecule has 0 spiro atoms. The van der Waals surface area contributed by atoms with Gasteiger partial charge >= 0.3 is 6.18 Å². The summed E-state index contributed by atoms with van der Waals surface area (Å²) in [6, 6.07) is 1.32. The number of Topliss-reactive ketones (excluding diaryl/α,β-unsaturated/α-hetero) is 1. The Morgan fingerprint density at radius 1 is 1.47 bits per heavy atom. The molecule has 0 radical (unpaired) electrons. The van der Waals surface area contributed by atoms with E-state index in [1.165, 1.54) is 12.3 Å². The van der Waals surface area contributed by atoms with Gasteiger partial charge in [-0.15, -0.1) is 0 Å². The van der Waals surface area contributed by atoms with Crippen LogP contribution in [-0.2, 0) is 12.6 Å². The number of aromatic nitrogens is 1. The average molecular weight is 310 g/mol. The van der Waals surface area contributed by atoms with Crippen molar-refractivity contribution in [2.24, 2.45) is 0 Å². The molecule has 0 aromatic carbocycles. The fourth-order valence-electron chi connectivity index (χ4n) is 1.57. The highest BCUT2D eigenvalue weighted by molar-refractivity contribution is 9.09. The molecule has 0 bridgehead atoms. The third-order valence-electron chi connectivity index (χ3n) is 2.23. The summed E-state index contributed by atoms with van der Waals surface area (Å²) in [7, 11) is 0. The minimum absolute atomic E-state index is 0.124. The van der Waals surface area contributed by atoms with Gasteiger partial charge in [0.05, 0.1) is 10.9 Å². The molecule has 0 fully saturated rings. The number of ketones is 1. The number of aryl methyl sites for hydroxylation is 1. The van der Waals surface area contributed by atoms with Gasteiger partial charge in [-0.05, 0) is 18.1 Å². The normalized spacial score (nSPS) is 11.6. The van der Waals surface area contributed by atoms with Gasteiger partial charge in [0.25, 0.3) is 0 Å². The van der Waals surface area contributed by atoms with Crippen molar-refractivity contribution in [1.82, 2.24) is 4.98 Å². The van der Waals surface area contributed by atoms with Crippen molar-refractivity contribution in [2.45, 2.75) is 25.9 Å². The first-order valence-electron chi connectivity index (χ1n) is 5.06. The Balaban J connectivity index is 3.40. The first-order valence-corrected chi connectivity index (χ1v) is 6.18. The number of hydrogen-bond acceptors (Lipinski definition) is 2. The highest BCUT2D eigenvalue weighted by atomic mass is 79.9.